The Morgan fingerprint density at radius 2 is 1.62 bits per heavy atom. The molecule has 4 nitrogen and oxygen atoms in total. The zero-order valence-electron chi connectivity index (χ0n) is 16.6. The predicted octanol–water partition coefficient (Wildman–Crippen LogP) is 3.95. The summed E-state index contributed by atoms with van der Waals surface area (Å²) in [4.78, 5) is 28.7. The van der Waals surface area contributed by atoms with E-state index in [1.165, 1.54) is 0 Å². The molecule has 0 bridgehead atoms. The minimum atomic E-state index is -1.14. The first-order chi connectivity index (χ1) is 13.9. The van der Waals surface area contributed by atoms with E-state index in [9.17, 15) is 14.9 Å². The number of allylic oxidation sites excluding steroid dienone is 1. The van der Waals surface area contributed by atoms with Crippen molar-refractivity contribution >= 4 is 11.7 Å². The van der Waals surface area contributed by atoms with Crippen molar-refractivity contribution in [1.82, 2.24) is 4.90 Å². The summed E-state index contributed by atoms with van der Waals surface area (Å²) in [6, 6.07) is 21.3. The molecule has 4 rings (SSSR count). The number of benzene rings is 2. The molecule has 29 heavy (non-hydrogen) atoms. The first kappa shape index (κ1) is 18.9. The summed E-state index contributed by atoms with van der Waals surface area (Å²) < 4.78 is 0. The summed E-state index contributed by atoms with van der Waals surface area (Å²) in [6.07, 6.45) is 3.58. The Labute approximate surface area is 170 Å². The maximum Gasteiger partial charge on any atom is 0.241 e. The van der Waals surface area contributed by atoms with Crippen LogP contribution in [0.1, 0.15) is 25.0 Å². The van der Waals surface area contributed by atoms with Gasteiger partial charge in [-0.25, -0.2) is 0 Å². The molecule has 0 saturated heterocycles. The molecule has 0 spiro atoms. The van der Waals surface area contributed by atoms with E-state index in [1.807, 2.05) is 86.7 Å². The number of nitrogens with zero attached hydrogens (tertiary/aromatic N) is 2. The smallest absolute Gasteiger partial charge is 0.241 e. The Balaban J connectivity index is 1.92. The van der Waals surface area contributed by atoms with E-state index >= 15 is 0 Å². The van der Waals surface area contributed by atoms with Crippen molar-refractivity contribution in [1.29, 1.82) is 5.26 Å². The van der Waals surface area contributed by atoms with Crippen LogP contribution in [0.15, 0.2) is 84.0 Å². The van der Waals surface area contributed by atoms with Crippen molar-refractivity contribution in [3.63, 3.8) is 0 Å². The highest BCUT2D eigenvalue weighted by Crippen LogP contribution is 2.51. The first-order valence-corrected chi connectivity index (χ1v) is 9.69. The number of hydrogen-bond acceptors (Lipinski definition) is 3. The molecule has 0 fully saturated rings. The van der Waals surface area contributed by atoms with Crippen LogP contribution in [0.4, 0.5) is 0 Å². The molecule has 1 atom stereocenters. The van der Waals surface area contributed by atoms with Gasteiger partial charge in [-0.2, -0.15) is 5.26 Å². The van der Waals surface area contributed by atoms with Gasteiger partial charge in [0.05, 0.1) is 11.0 Å². The van der Waals surface area contributed by atoms with Crippen LogP contribution >= 0.6 is 0 Å². The molecule has 2 aliphatic rings. The van der Waals surface area contributed by atoms with E-state index in [0.29, 0.717) is 13.1 Å². The number of nitriles is 1. The monoisotopic (exact) mass is 382 g/mol. The maximum atomic E-state index is 14.0. The van der Waals surface area contributed by atoms with Crippen LogP contribution in [0, 0.1) is 16.7 Å². The highest BCUT2D eigenvalue weighted by Gasteiger charge is 2.56. The number of Topliss-reactive ketones (excluding diaryl/α,β-unsaturated/α-hetero) is 1. The van der Waals surface area contributed by atoms with Gasteiger partial charge in [0.25, 0.3) is 0 Å². The summed E-state index contributed by atoms with van der Waals surface area (Å²) >= 11 is 0. The van der Waals surface area contributed by atoms with Gasteiger partial charge in [-0.3, -0.25) is 9.59 Å². The minimum Gasteiger partial charge on any atom is -0.333 e. The fraction of sp³-hybridized carbons (Fsp3) is 0.240. The Morgan fingerprint density at radius 3 is 2.24 bits per heavy atom. The van der Waals surface area contributed by atoms with Gasteiger partial charge in [0.15, 0.2) is 5.78 Å². The predicted molar refractivity (Wildman–Crippen MR) is 111 cm³/mol. The first-order valence-electron chi connectivity index (χ1n) is 9.69. The second kappa shape index (κ2) is 6.86. The largest absolute Gasteiger partial charge is 0.333 e. The maximum absolute atomic E-state index is 14.0. The molecule has 1 aliphatic heterocycles. The van der Waals surface area contributed by atoms with Crippen molar-refractivity contribution in [2.45, 2.75) is 25.8 Å². The normalized spacial score (nSPS) is 23.0. The summed E-state index contributed by atoms with van der Waals surface area (Å²) in [5.41, 5.74) is 0.556. The molecule has 2 aromatic rings. The average molecular weight is 382 g/mol. The van der Waals surface area contributed by atoms with E-state index in [-0.39, 0.29) is 17.3 Å². The summed E-state index contributed by atoms with van der Waals surface area (Å²) in [6.45, 7) is 4.53. The number of amides is 1. The second-order valence-corrected chi connectivity index (χ2v) is 8.09. The van der Waals surface area contributed by atoms with Crippen molar-refractivity contribution in [2.75, 3.05) is 6.54 Å². The number of hydrogen-bond donors (Lipinski definition) is 0. The Morgan fingerprint density at radius 1 is 1.00 bits per heavy atom. The number of carbonyl (C=O) groups excluding carboxylic acids is 2. The van der Waals surface area contributed by atoms with Crippen molar-refractivity contribution in [3.05, 3.63) is 95.1 Å². The number of rotatable bonds is 3. The molecule has 4 heteroatoms. The second-order valence-electron chi connectivity index (χ2n) is 8.09. The highest BCUT2D eigenvalue weighted by molar-refractivity contribution is 6.11. The lowest BCUT2D eigenvalue weighted by atomic mass is 9.56. The number of fused-ring (bicyclic) bond motifs is 1. The van der Waals surface area contributed by atoms with E-state index in [1.54, 1.807) is 11.0 Å². The fourth-order valence-corrected chi connectivity index (χ4v) is 4.53. The molecule has 0 saturated carbocycles. The molecular weight excluding hydrogens is 360 g/mol. The van der Waals surface area contributed by atoms with Gasteiger partial charge >= 0.3 is 0 Å². The number of carbonyl (C=O) groups is 2. The lowest BCUT2D eigenvalue weighted by Gasteiger charge is -2.48. The van der Waals surface area contributed by atoms with Crippen LogP contribution in [-0.2, 0) is 21.5 Å². The number of ketones is 1. The Bertz CT molecular complexity index is 1070. The molecule has 1 heterocycles. The van der Waals surface area contributed by atoms with Crippen LogP contribution < -0.4 is 0 Å². The average Bonchev–Trinajstić information content (AvgIpc) is 2.74. The van der Waals surface area contributed by atoms with Crippen LogP contribution in [0.25, 0.3) is 0 Å². The van der Waals surface area contributed by atoms with Gasteiger partial charge in [0.1, 0.15) is 11.5 Å². The van der Waals surface area contributed by atoms with Crippen molar-refractivity contribution < 1.29 is 9.59 Å². The third-order valence-electron chi connectivity index (χ3n) is 5.98. The quantitative estimate of drug-likeness (QED) is 0.755. The molecule has 1 aliphatic carbocycles. The molecule has 144 valence electrons. The zero-order valence-corrected chi connectivity index (χ0v) is 16.6. The molecule has 0 N–H and O–H groups in total. The molecule has 0 radical (unpaired) electrons. The summed E-state index contributed by atoms with van der Waals surface area (Å²) in [5.74, 6) is -0.333. The Hall–Kier alpha value is -3.45. The van der Waals surface area contributed by atoms with Crippen LogP contribution in [0.5, 0.6) is 0 Å². The van der Waals surface area contributed by atoms with E-state index < -0.39 is 10.8 Å². The zero-order chi connectivity index (χ0) is 20.6. The standard InChI is InChI=1S/C25H22N2O2/c1-24(2)21-13-14-27(17-18-9-5-3-6-10-18)23(29)25(21,15-19(16-26)22(24)28)20-11-7-4-8-12-20/h3-13,15H,14,17H2,1-2H3/t25-/m0/s1. The van der Waals surface area contributed by atoms with Crippen molar-refractivity contribution in [2.24, 2.45) is 5.41 Å². The van der Waals surface area contributed by atoms with E-state index in [0.717, 1.165) is 16.7 Å². The lowest BCUT2D eigenvalue weighted by molar-refractivity contribution is -0.136. The Kier molecular flexibility index (Phi) is 4.47. The van der Waals surface area contributed by atoms with E-state index in [4.69, 9.17) is 0 Å². The van der Waals surface area contributed by atoms with Gasteiger partial charge in [0.2, 0.25) is 5.91 Å². The molecule has 0 unspecified atom stereocenters. The van der Waals surface area contributed by atoms with Gasteiger partial charge in [-0.1, -0.05) is 66.7 Å². The van der Waals surface area contributed by atoms with Crippen molar-refractivity contribution in [3.8, 4) is 6.07 Å². The van der Waals surface area contributed by atoms with Gasteiger partial charge in [0, 0.05) is 13.1 Å². The van der Waals surface area contributed by atoms with Gasteiger partial charge in [-0.05, 0) is 36.6 Å². The molecule has 1 amide bonds. The molecule has 2 aromatic carbocycles. The van der Waals surface area contributed by atoms with E-state index in [2.05, 4.69) is 0 Å². The third kappa shape index (κ3) is 2.82. The molecular formula is C25H22N2O2. The summed E-state index contributed by atoms with van der Waals surface area (Å²) in [5, 5.41) is 9.65. The van der Waals surface area contributed by atoms with Gasteiger partial charge < -0.3 is 4.90 Å². The molecule has 0 aromatic heterocycles. The topological polar surface area (TPSA) is 61.2 Å². The van der Waals surface area contributed by atoms with Crippen LogP contribution in [0.3, 0.4) is 0 Å². The SMILES string of the molecule is CC1(C)C(=O)C(C#N)=C[C@@]2(c3ccccc3)C(=O)N(Cc3ccccc3)CC=C12. The van der Waals surface area contributed by atoms with Crippen LogP contribution in [-0.4, -0.2) is 23.1 Å². The van der Waals surface area contributed by atoms with Gasteiger partial charge in [-0.15, -0.1) is 0 Å². The minimum absolute atomic E-state index is 0.0471. The highest BCUT2D eigenvalue weighted by atomic mass is 16.2. The van der Waals surface area contributed by atoms with Crippen LogP contribution in [0.2, 0.25) is 0 Å². The lowest BCUT2D eigenvalue weighted by Crippen LogP contribution is -2.56. The fourth-order valence-electron chi connectivity index (χ4n) is 4.53. The summed E-state index contributed by atoms with van der Waals surface area (Å²) in [7, 11) is 0. The third-order valence-corrected chi connectivity index (χ3v) is 5.98.